The zero-order chi connectivity index (χ0) is 17.0. The second-order valence-electron chi connectivity index (χ2n) is 5.55. The summed E-state index contributed by atoms with van der Waals surface area (Å²) in [7, 11) is 0. The molecule has 1 aliphatic rings. The molecule has 2 heterocycles. The van der Waals surface area contributed by atoms with Gasteiger partial charge in [-0.3, -0.25) is 14.5 Å². The molecule has 0 atom stereocenters. The minimum atomic E-state index is -1.06. The van der Waals surface area contributed by atoms with Crippen molar-refractivity contribution in [2.24, 2.45) is 5.92 Å². The highest BCUT2D eigenvalue weighted by molar-refractivity contribution is 7.16. The normalized spacial score (nSPS) is 16.2. The minimum absolute atomic E-state index is 0.116. The van der Waals surface area contributed by atoms with Crippen LogP contribution in [-0.4, -0.2) is 52.6 Å². The number of anilines is 1. The molecule has 126 valence electrons. The Labute approximate surface area is 137 Å². The first-order valence-corrected chi connectivity index (χ1v) is 8.33. The van der Waals surface area contributed by atoms with Gasteiger partial charge in [0, 0.05) is 4.88 Å². The van der Waals surface area contributed by atoms with Crippen LogP contribution in [0.5, 0.6) is 0 Å². The van der Waals surface area contributed by atoms with Gasteiger partial charge < -0.3 is 15.5 Å². The lowest BCUT2D eigenvalue weighted by atomic mass is 9.97. The van der Waals surface area contributed by atoms with Gasteiger partial charge in [0.05, 0.1) is 18.0 Å². The van der Waals surface area contributed by atoms with Crippen molar-refractivity contribution in [3.63, 3.8) is 0 Å². The number of aryl methyl sites for hydroxylation is 1. The number of hydrogen-bond donors (Lipinski definition) is 3. The summed E-state index contributed by atoms with van der Waals surface area (Å²) < 4.78 is 0. The highest BCUT2D eigenvalue weighted by Gasteiger charge is 2.26. The number of thiophene rings is 1. The maximum Gasteiger partial charge on any atom is 0.338 e. The maximum absolute atomic E-state index is 12.1. The molecule has 0 radical (unpaired) electrons. The highest BCUT2D eigenvalue weighted by Crippen LogP contribution is 2.28. The lowest BCUT2D eigenvalue weighted by Gasteiger charge is -2.29. The fourth-order valence-corrected chi connectivity index (χ4v) is 3.58. The predicted octanol–water partition coefficient (Wildman–Crippen LogP) is 1.74. The molecule has 1 amide bonds. The lowest BCUT2D eigenvalue weighted by molar-refractivity contribution is -0.143. The number of nitrogens with one attached hydrogen (secondary N) is 1. The fraction of sp³-hybridized carbons (Fsp3) is 0.533. The van der Waals surface area contributed by atoms with Crippen LogP contribution in [0.15, 0.2) is 6.07 Å². The summed E-state index contributed by atoms with van der Waals surface area (Å²) in [5, 5.41) is 21.2. The van der Waals surface area contributed by atoms with Crippen molar-refractivity contribution >= 4 is 34.2 Å². The molecular formula is C15H20N2O5S. The third kappa shape index (κ3) is 4.52. The summed E-state index contributed by atoms with van der Waals surface area (Å²) in [6.07, 6.45) is 1.77. The quantitative estimate of drug-likeness (QED) is 0.728. The molecule has 1 saturated heterocycles. The number of likely N-dealkylation sites (tertiary alicyclic amines) is 1. The number of piperidine rings is 1. The Morgan fingerprint density at radius 2 is 1.96 bits per heavy atom. The van der Waals surface area contributed by atoms with Gasteiger partial charge >= 0.3 is 11.9 Å². The summed E-state index contributed by atoms with van der Waals surface area (Å²) in [6.45, 7) is 3.18. The molecule has 8 heteroatoms. The number of carbonyl (C=O) groups is 3. The number of rotatable bonds is 6. The van der Waals surface area contributed by atoms with E-state index in [4.69, 9.17) is 5.11 Å². The van der Waals surface area contributed by atoms with Gasteiger partial charge in [0.25, 0.3) is 0 Å². The Bertz CT molecular complexity index is 605. The van der Waals surface area contributed by atoms with Crippen molar-refractivity contribution in [3.8, 4) is 0 Å². The van der Waals surface area contributed by atoms with E-state index in [1.807, 2.05) is 11.8 Å². The molecule has 0 spiro atoms. The first-order valence-electron chi connectivity index (χ1n) is 7.51. The summed E-state index contributed by atoms with van der Waals surface area (Å²) in [5.74, 6) is -2.45. The Hall–Kier alpha value is -1.93. The van der Waals surface area contributed by atoms with Crippen LogP contribution in [0.25, 0.3) is 0 Å². The third-order valence-corrected chi connectivity index (χ3v) is 5.11. The molecule has 0 aromatic carbocycles. The molecule has 1 aromatic rings. The van der Waals surface area contributed by atoms with Crippen LogP contribution in [0.2, 0.25) is 0 Å². The zero-order valence-electron chi connectivity index (χ0n) is 12.9. The summed E-state index contributed by atoms with van der Waals surface area (Å²) in [6, 6.07) is 1.58. The van der Waals surface area contributed by atoms with Crippen molar-refractivity contribution in [3.05, 3.63) is 16.5 Å². The average Bonchev–Trinajstić information content (AvgIpc) is 2.90. The van der Waals surface area contributed by atoms with E-state index >= 15 is 0 Å². The van der Waals surface area contributed by atoms with Crippen LogP contribution in [0.4, 0.5) is 5.00 Å². The molecule has 7 nitrogen and oxygen atoms in total. The van der Waals surface area contributed by atoms with E-state index in [0.29, 0.717) is 37.4 Å². The Kier molecular flexibility index (Phi) is 5.73. The second kappa shape index (κ2) is 7.56. The van der Waals surface area contributed by atoms with Gasteiger partial charge in [-0.25, -0.2) is 4.79 Å². The maximum atomic E-state index is 12.1. The van der Waals surface area contributed by atoms with Crippen LogP contribution in [0.3, 0.4) is 0 Å². The summed E-state index contributed by atoms with van der Waals surface area (Å²) >= 11 is 1.27. The molecular weight excluding hydrogens is 320 g/mol. The van der Waals surface area contributed by atoms with Crippen LogP contribution < -0.4 is 5.32 Å². The van der Waals surface area contributed by atoms with Crippen molar-refractivity contribution in [1.82, 2.24) is 4.90 Å². The van der Waals surface area contributed by atoms with Gasteiger partial charge in [-0.05, 0) is 38.4 Å². The van der Waals surface area contributed by atoms with Crippen molar-refractivity contribution < 1.29 is 24.6 Å². The lowest BCUT2D eigenvalue weighted by Crippen LogP contribution is -2.40. The van der Waals surface area contributed by atoms with E-state index < -0.39 is 11.9 Å². The predicted molar refractivity (Wildman–Crippen MR) is 86.1 cm³/mol. The number of carboxylic acids is 2. The molecule has 0 bridgehead atoms. The molecule has 23 heavy (non-hydrogen) atoms. The molecule has 0 aliphatic carbocycles. The highest BCUT2D eigenvalue weighted by atomic mass is 32.1. The third-order valence-electron chi connectivity index (χ3n) is 3.92. The van der Waals surface area contributed by atoms with E-state index in [-0.39, 0.29) is 23.9 Å². The zero-order valence-corrected chi connectivity index (χ0v) is 13.7. The van der Waals surface area contributed by atoms with Crippen LogP contribution in [0, 0.1) is 5.92 Å². The van der Waals surface area contributed by atoms with Gasteiger partial charge in [0.2, 0.25) is 5.91 Å². The van der Waals surface area contributed by atoms with Crippen LogP contribution in [0.1, 0.15) is 35.0 Å². The van der Waals surface area contributed by atoms with Gasteiger partial charge in [0.1, 0.15) is 5.00 Å². The van der Waals surface area contributed by atoms with Crippen molar-refractivity contribution in [2.75, 3.05) is 25.0 Å². The molecule has 2 rings (SSSR count). The summed E-state index contributed by atoms with van der Waals surface area (Å²) in [4.78, 5) is 37.0. The Morgan fingerprint density at radius 1 is 1.30 bits per heavy atom. The Morgan fingerprint density at radius 3 is 2.48 bits per heavy atom. The second-order valence-corrected chi connectivity index (χ2v) is 6.69. The largest absolute Gasteiger partial charge is 0.481 e. The van der Waals surface area contributed by atoms with Gasteiger partial charge in [-0.2, -0.15) is 0 Å². The number of carbonyl (C=O) groups excluding carboxylic acids is 1. The SMILES string of the molecule is CCc1cc(C(=O)O)c(NC(=O)CN2CCC(C(=O)O)CC2)s1. The van der Waals surface area contributed by atoms with E-state index in [2.05, 4.69) is 5.32 Å². The molecule has 1 fully saturated rings. The Balaban J connectivity index is 1.92. The van der Waals surface area contributed by atoms with Gasteiger partial charge in [-0.15, -0.1) is 11.3 Å². The molecule has 0 unspecified atom stereocenters. The molecule has 0 saturated carbocycles. The number of aromatic carboxylic acids is 1. The molecule has 1 aromatic heterocycles. The first kappa shape index (κ1) is 17.4. The van der Waals surface area contributed by atoms with E-state index in [9.17, 15) is 19.5 Å². The summed E-state index contributed by atoms with van der Waals surface area (Å²) in [5.41, 5.74) is 0.116. The first-order chi connectivity index (χ1) is 10.9. The monoisotopic (exact) mass is 340 g/mol. The van der Waals surface area contributed by atoms with Crippen molar-refractivity contribution in [2.45, 2.75) is 26.2 Å². The number of aliphatic carboxylic acids is 1. The standard InChI is InChI=1S/C15H20N2O5S/c1-2-10-7-11(15(21)22)13(23-10)16-12(18)8-17-5-3-9(4-6-17)14(19)20/h7,9H,2-6,8H2,1H3,(H,16,18)(H,19,20)(H,21,22). The number of carboxylic acid groups (broad SMARTS) is 2. The smallest absolute Gasteiger partial charge is 0.338 e. The number of nitrogens with zero attached hydrogens (tertiary/aromatic N) is 1. The van der Waals surface area contributed by atoms with E-state index in [1.54, 1.807) is 6.07 Å². The molecule has 1 aliphatic heterocycles. The molecule has 3 N–H and O–H groups in total. The fourth-order valence-electron chi connectivity index (χ4n) is 2.58. The topological polar surface area (TPSA) is 107 Å². The minimum Gasteiger partial charge on any atom is -0.481 e. The van der Waals surface area contributed by atoms with E-state index in [1.165, 1.54) is 11.3 Å². The van der Waals surface area contributed by atoms with E-state index in [0.717, 1.165) is 4.88 Å². The van der Waals surface area contributed by atoms with Crippen LogP contribution >= 0.6 is 11.3 Å². The van der Waals surface area contributed by atoms with Crippen molar-refractivity contribution in [1.29, 1.82) is 0 Å². The van der Waals surface area contributed by atoms with Crippen LogP contribution in [-0.2, 0) is 16.0 Å². The van der Waals surface area contributed by atoms with Gasteiger partial charge in [0.15, 0.2) is 0 Å². The number of amides is 1. The average molecular weight is 340 g/mol. The number of hydrogen-bond acceptors (Lipinski definition) is 5. The van der Waals surface area contributed by atoms with Gasteiger partial charge in [-0.1, -0.05) is 6.92 Å².